The molecule has 0 aliphatic rings. The molecule has 0 bridgehead atoms. The Bertz CT molecular complexity index is 578. The second-order valence-corrected chi connectivity index (χ2v) is 7.99. The van der Waals surface area contributed by atoms with Crippen LogP contribution in [-0.4, -0.2) is 14.5 Å². The quantitative estimate of drug-likeness (QED) is 0.734. The fraction of sp³-hybridized carbons (Fsp3) is 0.538. The minimum atomic E-state index is -3.65. The normalized spacial score (nSPS) is 15.1. The molecule has 1 aromatic rings. The van der Waals surface area contributed by atoms with E-state index in [2.05, 4.69) is 34.5 Å². The highest BCUT2D eigenvalue weighted by atomic mass is 79.9. The molecule has 3 N–H and O–H groups in total. The summed E-state index contributed by atoms with van der Waals surface area (Å²) in [5, 5.41) is 0.292. The summed E-state index contributed by atoms with van der Waals surface area (Å²) in [5.41, 5.74) is 6.03. The average molecular weight is 384 g/mol. The van der Waals surface area contributed by atoms with Gasteiger partial charge in [-0.25, -0.2) is 13.1 Å². The highest BCUT2D eigenvalue weighted by molar-refractivity contribution is 9.10. The van der Waals surface area contributed by atoms with Crippen molar-refractivity contribution in [1.29, 1.82) is 0 Å². The minimum Gasteiger partial charge on any atom is -0.398 e. The van der Waals surface area contributed by atoms with Crippen LogP contribution >= 0.6 is 27.5 Å². The van der Waals surface area contributed by atoms with E-state index < -0.39 is 10.0 Å². The predicted molar refractivity (Wildman–Crippen MR) is 87.4 cm³/mol. The smallest absolute Gasteiger partial charge is 0.242 e. The molecule has 0 aliphatic heterocycles. The summed E-state index contributed by atoms with van der Waals surface area (Å²) in [7, 11) is -3.65. The van der Waals surface area contributed by atoms with Gasteiger partial charge in [0.2, 0.25) is 10.0 Å². The lowest BCUT2D eigenvalue weighted by Gasteiger charge is -2.18. The van der Waals surface area contributed by atoms with Crippen LogP contribution < -0.4 is 10.5 Å². The molecule has 0 saturated heterocycles. The van der Waals surface area contributed by atoms with Gasteiger partial charge in [-0.1, -0.05) is 31.9 Å². The van der Waals surface area contributed by atoms with Gasteiger partial charge < -0.3 is 5.73 Å². The maximum atomic E-state index is 12.4. The van der Waals surface area contributed by atoms with E-state index in [9.17, 15) is 8.42 Å². The van der Waals surface area contributed by atoms with Gasteiger partial charge >= 0.3 is 0 Å². The van der Waals surface area contributed by atoms with E-state index in [0.29, 0.717) is 21.1 Å². The molecule has 1 rings (SSSR count). The van der Waals surface area contributed by atoms with Crippen molar-refractivity contribution in [3.05, 3.63) is 21.6 Å². The Kier molecular flexibility index (Phi) is 6.31. The highest BCUT2D eigenvalue weighted by Crippen LogP contribution is 2.31. The van der Waals surface area contributed by atoms with E-state index in [4.69, 9.17) is 17.3 Å². The molecule has 1 aromatic carbocycles. The standard InChI is InChI=1S/C13H20BrClN2O2S/c1-4-8(2)5-9(3)17-20(18,19)12-7-10(15)6-11(16)13(12)14/h6-9,17H,4-5,16H2,1-3H3. The van der Waals surface area contributed by atoms with E-state index in [-0.39, 0.29) is 10.9 Å². The number of nitrogens with one attached hydrogen (secondary N) is 1. The van der Waals surface area contributed by atoms with Crippen molar-refractivity contribution in [2.24, 2.45) is 5.92 Å². The van der Waals surface area contributed by atoms with Crippen LogP contribution in [0.4, 0.5) is 5.69 Å². The molecular formula is C13H20BrClN2O2S. The maximum absolute atomic E-state index is 12.4. The number of sulfonamides is 1. The molecule has 0 fully saturated rings. The van der Waals surface area contributed by atoms with Crippen LogP contribution in [0.25, 0.3) is 0 Å². The molecule has 0 spiro atoms. The second-order valence-electron chi connectivity index (χ2n) is 5.08. The number of nitrogen functional groups attached to an aromatic ring is 1. The first kappa shape index (κ1) is 17.8. The van der Waals surface area contributed by atoms with Crippen molar-refractivity contribution in [2.45, 2.75) is 44.6 Å². The first-order valence-corrected chi connectivity index (χ1v) is 9.09. The Morgan fingerprint density at radius 1 is 1.40 bits per heavy atom. The first-order valence-electron chi connectivity index (χ1n) is 6.44. The summed E-state index contributed by atoms with van der Waals surface area (Å²) in [4.78, 5) is 0.0681. The van der Waals surface area contributed by atoms with Crippen LogP contribution in [0.5, 0.6) is 0 Å². The van der Waals surface area contributed by atoms with Crippen LogP contribution in [-0.2, 0) is 10.0 Å². The van der Waals surface area contributed by atoms with Gasteiger partial charge in [0.05, 0.1) is 9.37 Å². The molecule has 0 aromatic heterocycles. The van der Waals surface area contributed by atoms with Gasteiger partial charge in [-0.05, 0) is 47.3 Å². The number of hydrogen-bond donors (Lipinski definition) is 2. The van der Waals surface area contributed by atoms with E-state index in [1.54, 1.807) is 0 Å². The number of anilines is 1. The number of rotatable bonds is 6. The first-order chi connectivity index (χ1) is 9.17. The number of benzene rings is 1. The molecule has 2 atom stereocenters. The lowest BCUT2D eigenvalue weighted by molar-refractivity contribution is 0.445. The predicted octanol–water partition coefficient (Wildman–Crippen LogP) is 3.79. The van der Waals surface area contributed by atoms with Crippen LogP contribution in [0.1, 0.15) is 33.6 Å². The zero-order valence-electron chi connectivity index (χ0n) is 11.8. The lowest BCUT2D eigenvalue weighted by atomic mass is 10.0. The lowest BCUT2D eigenvalue weighted by Crippen LogP contribution is -2.34. The molecule has 0 aliphatic carbocycles. The third kappa shape index (κ3) is 4.62. The summed E-state index contributed by atoms with van der Waals surface area (Å²) in [5.74, 6) is 0.459. The minimum absolute atomic E-state index is 0.0681. The van der Waals surface area contributed by atoms with Crippen LogP contribution in [0.3, 0.4) is 0 Å². The zero-order valence-corrected chi connectivity index (χ0v) is 14.9. The number of halogens is 2. The van der Waals surface area contributed by atoms with Crippen LogP contribution in [0.15, 0.2) is 21.5 Å². The fourth-order valence-electron chi connectivity index (χ4n) is 1.93. The molecular weight excluding hydrogens is 364 g/mol. The number of hydrogen-bond acceptors (Lipinski definition) is 3. The average Bonchev–Trinajstić information content (AvgIpc) is 2.32. The van der Waals surface area contributed by atoms with Crippen LogP contribution in [0, 0.1) is 5.92 Å². The Labute approximate surface area is 134 Å². The van der Waals surface area contributed by atoms with Crippen molar-refractivity contribution >= 4 is 43.2 Å². The van der Waals surface area contributed by atoms with Crippen molar-refractivity contribution in [2.75, 3.05) is 5.73 Å². The molecule has 2 unspecified atom stereocenters. The molecule has 4 nitrogen and oxygen atoms in total. The van der Waals surface area contributed by atoms with Gasteiger partial charge in [-0.3, -0.25) is 0 Å². The van der Waals surface area contributed by atoms with E-state index >= 15 is 0 Å². The second kappa shape index (κ2) is 7.11. The Balaban J connectivity index is 3.00. The number of nitrogens with two attached hydrogens (primary N) is 1. The molecule has 114 valence electrons. The van der Waals surface area contributed by atoms with Gasteiger partial charge in [-0.15, -0.1) is 0 Å². The molecule has 20 heavy (non-hydrogen) atoms. The van der Waals surface area contributed by atoms with Gasteiger partial charge in [0.1, 0.15) is 0 Å². The third-order valence-electron chi connectivity index (χ3n) is 3.13. The largest absolute Gasteiger partial charge is 0.398 e. The van der Waals surface area contributed by atoms with Crippen molar-refractivity contribution in [3.63, 3.8) is 0 Å². The molecule has 0 amide bonds. The van der Waals surface area contributed by atoms with Gasteiger partial charge in [0, 0.05) is 16.8 Å². The van der Waals surface area contributed by atoms with E-state index in [0.717, 1.165) is 12.8 Å². The summed E-state index contributed by atoms with van der Waals surface area (Å²) in [6.45, 7) is 6.03. The van der Waals surface area contributed by atoms with E-state index in [1.165, 1.54) is 12.1 Å². The van der Waals surface area contributed by atoms with Crippen molar-refractivity contribution < 1.29 is 8.42 Å². The Morgan fingerprint density at radius 3 is 2.55 bits per heavy atom. The maximum Gasteiger partial charge on any atom is 0.242 e. The summed E-state index contributed by atoms with van der Waals surface area (Å²) < 4.78 is 27.8. The molecule has 7 heteroatoms. The monoisotopic (exact) mass is 382 g/mol. The molecule has 0 radical (unpaired) electrons. The van der Waals surface area contributed by atoms with Gasteiger partial charge in [0.15, 0.2) is 0 Å². The third-order valence-corrected chi connectivity index (χ3v) is 6.11. The SMILES string of the molecule is CCC(C)CC(C)NS(=O)(=O)c1cc(Cl)cc(N)c1Br. The Morgan fingerprint density at radius 2 is 2.00 bits per heavy atom. The van der Waals surface area contributed by atoms with E-state index in [1.807, 2.05) is 6.92 Å². The van der Waals surface area contributed by atoms with Crippen LogP contribution in [0.2, 0.25) is 5.02 Å². The van der Waals surface area contributed by atoms with Crippen molar-refractivity contribution in [3.8, 4) is 0 Å². The molecule has 0 saturated carbocycles. The molecule has 0 heterocycles. The summed E-state index contributed by atoms with van der Waals surface area (Å²) in [6.07, 6.45) is 1.79. The Hall–Kier alpha value is -0.300. The highest BCUT2D eigenvalue weighted by Gasteiger charge is 2.22. The van der Waals surface area contributed by atoms with Gasteiger partial charge in [-0.2, -0.15) is 0 Å². The topological polar surface area (TPSA) is 72.2 Å². The van der Waals surface area contributed by atoms with Crippen molar-refractivity contribution in [1.82, 2.24) is 4.72 Å². The van der Waals surface area contributed by atoms with Gasteiger partial charge in [0.25, 0.3) is 0 Å². The zero-order chi connectivity index (χ0) is 15.5. The fourth-order valence-corrected chi connectivity index (χ4v) is 4.48. The summed E-state index contributed by atoms with van der Waals surface area (Å²) >= 11 is 9.08. The summed E-state index contributed by atoms with van der Waals surface area (Å²) in [6, 6.07) is 2.75.